The molecule has 0 aliphatic rings. The van der Waals surface area contributed by atoms with Crippen molar-refractivity contribution in [2.45, 2.75) is 67.3 Å². The van der Waals surface area contributed by atoms with Gasteiger partial charge >= 0.3 is 0 Å². The molecule has 0 aliphatic carbocycles. The molecule has 1 unspecified atom stereocenters. The molecule has 0 rings (SSSR count). The van der Waals surface area contributed by atoms with E-state index in [1.54, 1.807) is 0 Å². The summed E-state index contributed by atoms with van der Waals surface area (Å²) in [7, 11) is 4.11. The van der Waals surface area contributed by atoms with Crippen LogP contribution >= 0.6 is 0 Å². The maximum Gasteiger partial charge on any atom is 0.0325 e. The fraction of sp³-hybridized carbons (Fsp3) is 0.619. The minimum atomic E-state index is 0.520. The number of hydrogen-bond acceptors (Lipinski definition) is 2. The van der Waals surface area contributed by atoms with Crippen molar-refractivity contribution in [3.63, 3.8) is 0 Å². The summed E-state index contributed by atoms with van der Waals surface area (Å²) in [5, 5.41) is 0. The number of allylic oxidation sites excluding steroid dienone is 5. The lowest BCUT2D eigenvalue weighted by Crippen LogP contribution is -2.32. The third-order valence-corrected chi connectivity index (χ3v) is 4.07. The Morgan fingerprint density at radius 1 is 1.13 bits per heavy atom. The third kappa shape index (κ3) is 8.11. The quantitative estimate of drug-likeness (QED) is 0.480. The molecule has 0 aromatic carbocycles. The number of rotatable bonds is 9. The molecule has 0 heterocycles. The Morgan fingerprint density at radius 2 is 1.65 bits per heavy atom. The van der Waals surface area contributed by atoms with E-state index in [0.717, 1.165) is 30.7 Å². The highest BCUT2D eigenvalue weighted by atomic mass is 15.2. The van der Waals surface area contributed by atoms with E-state index in [0.29, 0.717) is 6.04 Å². The van der Waals surface area contributed by atoms with E-state index in [1.807, 2.05) is 19.9 Å². The van der Waals surface area contributed by atoms with Crippen LogP contribution in [0.25, 0.3) is 0 Å². The normalized spacial score (nSPS) is 13.3. The van der Waals surface area contributed by atoms with Gasteiger partial charge in [0.05, 0.1) is 0 Å². The maximum absolute atomic E-state index is 4.32. The van der Waals surface area contributed by atoms with Gasteiger partial charge in [-0.1, -0.05) is 46.9 Å². The van der Waals surface area contributed by atoms with Gasteiger partial charge in [-0.2, -0.15) is 0 Å². The van der Waals surface area contributed by atoms with Crippen molar-refractivity contribution >= 4 is 0 Å². The molecule has 0 amide bonds. The fourth-order valence-corrected chi connectivity index (χ4v) is 2.20. The van der Waals surface area contributed by atoms with Crippen LogP contribution in [-0.4, -0.2) is 36.5 Å². The van der Waals surface area contributed by atoms with Gasteiger partial charge in [-0.15, -0.1) is 0 Å². The van der Waals surface area contributed by atoms with Crippen LogP contribution in [0.5, 0.6) is 0 Å². The molecule has 0 aromatic heterocycles. The van der Waals surface area contributed by atoms with E-state index in [4.69, 9.17) is 0 Å². The van der Waals surface area contributed by atoms with Gasteiger partial charge in [-0.25, -0.2) is 0 Å². The third-order valence-electron chi connectivity index (χ3n) is 4.07. The first-order valence-electron chi connectivity index (χ1n) is 8.94. The highest BCUT2D eigenvalue weighted by Crippen LogP contribution is 2.21. The minimum Gasteiger partial charge on any atom is -0.381 e. The second kappa shape index (κ2) is 13.0. The van der Waals surface area contributed by atoms with E-state index < -0.39 is 0 Å². The highest BCUT2D eigenvalue weighted by Gasteiger charge is 2.14. The monoisotopic (exact) mass is 320 g/mol. The van der Waals surface area contributed by atoms with Crippen molar-refractivity contribution in [1.82, 2.24) is 9.80 Å². The molecule has 0 fully saturated rings. The first-order valence-corrected chi connectivity index (χ1v) is 8.94. The lowest BCUT2D eigenvalue weighted by molar-refractivity contribution is 0.267. The van der Waals surface area contributed by atoms with Crippen LogP contribution in [0.15, 0.2) is 47.9 Å². The second-order valence-corrected chi connectivity index (χ2v) is 5.86. The molecule has 0 aromatic rings. The Hall–Kier alpha value is -1.44. The molecule has 0 bridgehead atoms. The first kappa shape index (κ1) is 23.8. The van der Waals surface area contributed by atoms with E-state index in [2.05, 4.69) is 77.7 Å². The molecular weight excluding hydrogens is 280 g/mol. The molecule has 2 heteroatoms. The van der Waals surface area contributed by atoms with Crippen LogP contribution in [0, 0.1) is 0 Å². The van der Waals surface area contributed by atoms with Gasteiger partial charge in [0.15, 0.2) is 0 Å². The molecule has 2 nitrogen and oxygen atoms in total. The lowest BCUT2D eigenvalue weighted by Gasteiger charge is -2.32. The lowest BCUT2D eigenvalue weighted by atomic mass is 10.1. The zero-order valence-corrected chi connectivity index (χ0v) is 17.2. The summed E-state index contributed by atoms with van der Waals surface area (Å²) in [6.45, 7) is 24.3. The van der Waals surface area contributed by atoms with Crippen LogP contribution in [0.2, 0.25) is 0 Å². The van der Waals surface area contributed by atoms with Crippen molar-refractivity contribution < 1.29 is 0 Å². The van der Waals surface area contributed by atoms with Crippen LogP contribution in [0.1, 0.15) is 61.3 Å². The van der Waals surface area contributed by atoms with Crippen LogP contribution < -0.4 is 0 Å². The smallest absolute Gasteiger partial charge is 0.0325 e. The van der Waals surface area contributed by atoms with Crippen molar-refractivity contribution in [2.75, 3.05) is 20.6 Å². The number of hydrogen-bond donors (Lipinski definition) is 0. The summed E-state index contributed by atoms with van der Waals surface area (Å²) in [4.78, 5) is 4.53. The van der Waals surface area contributed by atoms with Gasteiger partial charge < -0.3 is 9.80 Å². The Balaban J connectivity index is 0. The predicted molar refractivity (Wildman–Crippen MR) is 108 cm³/mol. The summed E-state index contributed by atoms with van der Waals surface area (Å²) in [5.41, 5.74) is 4.69. The second-order valence-electron chi connectivity index (χ2n) is 5.86. The van der Waals surface area contributed by atoms with Crippen molar-refractivity contribution in [3.05, 3.63) is 47.9 Å². The molecule has 0 saturated carbocycles. The summed E-state index contributed by atoms with van der Waals surface area (Å²) >= 11 is 0. The van der Waals surface area contributed by atoms with Gasteiger partial charge in [-0.3, -0.25) is 0 Å². The van der Waals surface area contributed by atoms with Gasteiger partial charge in [0.2, 0.25) is 0 Å². The maximum atomic E-state index is 4.32. The molecule has 0 aliphatic heterocycles. The molecular formula is C21H40N2. The minimum absolute atomic E-state index is 0.520. The molecule has 0 spiro atoms. The Labute approximate surface area is 146 Å². The molecule has 134 valence electrons. The number of nitrogens with zero attached hydrogens (tertiary/aromatic N) is 2. The van der Waals surface area contributed by atoms with Gasteiger partial charge in [-0.05, 0) is 50.8 Å². The van der Waals surface area contributed by atoms with E-state index in [-0.39, 0.29) is 0 Å². The Kier molecular flexibility index (Phi) is 13.5. The highest BCUT2D eigenvalue weighted by molar-refractivity contribution is 5.40. The summed E-state index contributed by atoms with van der Waals surface area (Å²) in [6.07, 6.45) is 6.37. The summed E-state index contributed by atoms with van der Waals surface area (Å²) < 4.78 is 0. The molecule has 23 heavy (non-hydrogen) atoms. The van der Waals surface area contributed by atoms with Crippen LogP contribution in [0.4, 0.5) is 0 Å². The van der Waals surface area contributed by atoms with E-state index in [1.165, 1.54) is 11.3 Å². The van der Waals surface area contributed by atoms with E-state index >= 15 is 0 Å². The van der Waals surface area contributed by atoms with Gasteiger partial charge in [0, 0.05) is 38.1 Å². The standard InChI is InChI=1S/C19H34N2.C2H6/c1-10-13-21(16(5)11-2)17(6)15(4)14-19(12-3)18(7)20(8)9;1-2/h12,14,16H,3,6,10-11,13H2,1-2,4-5,7-9H3;1-2H3/b15-14+,19-18+;. The molecule has 0 saturated heterocycles. The average Bonchev–Trinajstić information content (AvgIpc) is 2.56. The largest absolute Gasteiger partial charge is 0.381 e. The van der Waals surface area contributed by atoms with Crippen LogP contribution in [-0.2, 0) is 0 Å². The van der Waals surface area contributed by atoms with Gasteiger partial charge in [0.25, 0.3) is 0 Å². The first-order chi connectivity index (χ1) is 10.8. The zero-order valence-electron chi connectivity index (χ0n) is 17.2. The predicted octanol–water partition coefficient (Wildman–Crippen LogP) is 6.00. The van der Waals surface area contributed by atoms with E-state index in [9.17, 15) is 0 Å². The Bertz CT molecular complexity index is 414. The van der Waals surface area contributed by atoms with Crippen molar-refractivity contribution in [2.24, 2.45) is 0 Å². The summed E-state index contributed by atoms with van der Waals surface area (Å²) in [6, 6.07) is 0.520. The van der Waals surface area contributed by atoms with Crippen LogP contribution in [0.3, 0.4) is 0 Å². The fourth-order valence-electron chi connectivity index (χ4n) is 2.20. The van der Waals surface area contributed by atoms with Crippen molar-refractivity contribution in [3.8, 4) is 0 Å². The molecule has 0 N–H and O–H groups in total. The summed E-state index contributed by atoms with van der Waals surface area (Å²) in [5.74, 6) is 0. The van der Waals surface area contributed by atoms with Gasteiger partial charge in [0.1, 0.15) is 0 Å². The molecule has 0 radical (unpaired) electrons. The van der Waals surface area contributed by atoms with Crippen molar-refractivity contribution in [1.29, 1.82) is 0 Å². The molecule has 1 atom stereocenters. The Morgan fingerprint density at radius 3 is 2.00 bits per heavy atom. The average molecular weight is 321 g/mol. The SMILES string of the molecule is C=CC(/C=C(\C)C(=C)N(CCC)C(C)CC)=C(/C)N(C)C.CC. The zero-order chi connectivity index (χ0) is 18.6. The topological polar surface area (TPSA) is 6.48 Å².